The second kappa shape index (κ2) is 11.5. The van der Waals surface area contributed by atoms with E-state index >= 15 is 0 Å². The fourth-order valence-electron chi connectivity index (χ4n) is 4.30. The zero-order valence-corrected chi connectivity index (χ0v) is 19.6. The molecule has 1 spiro atoms. The predicted octanol–water partition coefficient (Wildman–Crippen LogP) is 2.32. The number of likely N-dealkylation sites (tertiary alicyclic amines) is 1. The molecule has 13 heteroatoms. The minimum atomic E-state index is -5.08. The van der Waals surface area contributed by atoms with E-state index in [1.807, 2.05) is 30.3 Å². The third-order valence-electron chi connectivity index (χ3n) is 6.25. The topological polar surface area (TPSA) is 122 Å². The highest BCUT2D eigenvalue weighted by Gasteiger charge is 2.50. The van der Waals surface area contributed by atoms with Crippen LogP contribution in [0.3, 0.4) is 0 Å². The quantitative estimate of drug-likeness (QED) is 0.441. The average Bonchev–Trinajstić information content (AvgIpc) is 3.16. The van der Waals surface area contributed by atoms with Gasteiger partial charge in [0.05, 0.1) is 12.2 Å². The number of anilines is 1. The van der Waals surface area contributed by atoms with Gasteiger partial charge in [-0.1, -0.05) is 18.2 Å². The van der Waals surface area contributed by atoms with E-state index in [-0.39, 0.29) is 17.2 Å². The minimum absolute atomic E-state index is 0.0510. The maximum atomic E-state index is 13.1. The molecular weight excluding hydrogens is 500 g/mol. The average molecular weight is 526 g/mol. The van der Waals surface area contributed by atoms with Crippen molar-refractivity contribution < 1.29 is 42.2 Å². The number of hydrogen-bond acceptors (Lipinski definition) is 6. The van der Waals surface area contributed by atoms with Crippen LogP contribution in [0.25, 0.3) is 0 Å². The fourth-order valence-corrected chi connectivity index (χ4v) is 4.30. The lowest BCUT2D eigenvalue weighted by atomic mass is 9.85. The number of para-hydroxylation sites is 1. The van der Waals surface area contributed by atoms with Gasteiger partial charge in [-0.2, -0.15) is 13.2 Å². The molecule has 4 N–H and O–H groups in total. The van der Waals surface area contributed by atoms with Crippen LogP contribution in [0.1, 0.15) is 23.2 Å². The Morgan fingerprint density at radius 1 is 1.08 bits per heavy atom. The van der Waals surface area contributed by atoms with Crippen molar-refractivity contribution in [1.82, 2.24) is 15.5 Å². The van der Waals surface area contributed by atoms with E-state index < -0.39 is 29.4 Å². The number of aliphatic carboxylic acids is 1. The fraction of sp³-hybridized carbons (Fsp3) is 0.375. The summed E-state index contributed by atoms with van der Waals surface area (Å²) in [6, 6.07) is 13.3. The van der Waals surface area contributed by atoms with Crippen molar-refractivity contribution >= 4 is 23.5 Å². The number of benzene rings is 2. The van der Waals surface area contributed by atoms with E-state index in [0.29, 0.717) is 32.6 Å². The molecule has 2 aromatic rings. The molecule has 2 fully saturated rings. The van der Waals surface area contributed by atoms with Crippen molar-refractivity contribution in [1.29, 1.82) is 0 Å². The summed E-state index contributed by atoms with van der Waals surface area (Å²) in [7, 11) is 0. The van der Waals surface area contributed by atoms with Crippen LogP contribution in [-0.4, -0.2) is 77.5 Å². The van der Waals surface area contributed by atoms with E-state index in [0.717, 1.165) is 30.9 Å². The Morgan fingerprint density at radius 3 is 2.27 bits per heavy atom. The summed E-state index contributed by atoms with van der Waals surface area (Å²) in [6.07, 6.45) is -3.67. The number of phenolic OH excluding ortho intramolecular Hbond substituents is 1. The molecule has 4 rings (SSSR count). The molecule has 0 radical (unpaired) electrons. The molecule has 2 aromatic carbocycles. The highest BCUT2D eigenvalue weighted by atomic mass is 19.4. The first-order valence-electron chi connectivity index (χ1n) is 11.3. The Morgan fingerprint density at radius 2 is 1.70 bits per heavy atom. The number of carbonyl (C=O) groups excluding carboxylic acids is 2. The van der Waals surface area contributed by atoms with Gasteiger partial charge in [0.2, 0.25) is 5.91 Å². The van der Waals surface area contributed by atoms with Crippen molar-refractivity contribution in [3.63, 3.8) is 0 Å². The first kappa shape index (κ1) is 27.7. The number of halogens is 4. The number of amides is 2. The van der Waals surface area contributed by atoms with Gasteiger partial charge < -0.3 is 30.6 Å². The van der Waals surface area contributed by atoms with Crippen molar-refractivity contribution in [2.24, 2.45) is 0 Å². The highest BCUT2D eigenvalue weighted by Crippen LogP contribution is 2.36. The lowest BCUT2D eigenvalue weighted by Crippen LogP contribution is -2.57. The Hall–Kier alpha value is -3.87. The van der Waals surface area contributed by atoms with Crippen LogP contribution in [0.15, 0.2) is 48.5 Å². The molecule has 2 aliphatic rings. The molecule has 0 bridgehead atoms. The van der Waals surface area contributed by atoms with Gasteiger partial charge in [0, 0.05) is 37.9 Å². The summed E-state index contributed by atoms with van der Waals surface area (Å²) in [5.74, 6) is -4.09. The number of hydrogen-bond donors (Lipinski definition) is 4. The molecule has 2 aliphatic heterocycles. The molecule has 0 aromatic heterocycles. The normalized spacial score (nSPS) is 17.1. The van der Waals surface area contributed by atoms with E-state index in [1.165, 1.54) is 6.07 Å². The number of carbonyl (C=O) groups is 3. The SMILES string of the molecule is O=C(NCCN1CCC2(CC1)C(=O)NCN2c1ccccc1)c1ccc(F)cc1O.O=C(O)C(F)(F)F. The second-order valence-corrected chi connectivity index (χ2v) is 8.52. The number of aromatic hydroxyl groups is 1. The molecule has 0 saturated carbocycles. The van der Waals surface area contributed by atoms with Crippen molar-refractivity contribution in [3.8, 4) is 5.75 Å². The predicted molar refractivity (Wildman–Crippen MR) is 124 cm³/mol. The monoisotopic (exact) mass is 526 g/mol. The molecule has 0 unspecified atom stereocenters. The molecule has 0 aliphatic carbocycles. The summed E-state index contributed by atoms with van der Waals surface area (Å²) in [5.41, 5.74) is 0.562. The number of nitrogens with one attached hydrogen (secondary N) is 2. The van der Waals surface area contributed by atoms with Crippen LogP contribution >= 0.6 is 0 Å². The van der Waals surface area contributed by atoms with Crippen LogP contribution in [0.5, 0.6) is 5.75 Å². The molecule has 9 nitrogen and oxygen atoms in total. The summed E-state index contributed by atoms with van der Waals surface area (Å²) >= 11 is 0. The van der Waals surface area contributed by atoms with Crippen LogP contribution in [-0.2, 0) is 9.59 Å². The van der Waals surface area contributed by atoms with E-state index in [9.17, 15) is 32.3 Å². The minimum Gasteiger partial charge on any atom is -0.507 e. The van der Waals surface area contributed by atoms with Gasteiger partial charge in [-0.15, -0.1) is 0 Å². The van der Waals surface area contributed by atoms with Crippen LogP contribution < -0.4 is 15.5 Å². The van der Waals surface area contributed by atoms with Gasteiger partial charge >= 0.3 is 12.1 Å². The third-order valence-corrected chi connectivity index (χ3v) is 6.25. The summed E-state index contributed by atoms with van der Waals surface area (Å²) in [4.78, 5) is 38.1. The number of nitrogens with zero attached hydrogens (tertiary/aromatic N) is 2. The van der Waals surface area contributed by atoms with E-state index in [1.54, 1.807) is 0 Å². The van der Waals surface area contributed by atoms with Crippen molar-refractivity contribution in [2.45, 2.75) is 24.6 Å². The van der Waals surface area contributed by atoms with Gasteiger partial charge in [0.15, 0.2) is 0 Å². The summed E-state index contributed by atoms with van der Waals surface area (Å²) in [5, 5.41) is 22.6. The highest BCUT2D eigenvalue weighted by molar-refractivity contribution is 5.96. The van der Waals surface area contributed by atoms with Gasteiger partial charge in [0.1, 0.15) is 17.1 Å². The first-order chi connectivity index (χ1) is 17.4. The van der Waals surface area contributed by atoms with Crippen molar-refractivity contribution in [2.75, 3.05) is 37.7 Å². The zero-order chi connectivity index (χ0) is 27.2. The zero-order valence-electron chi connectivity index (χ0n) is 19.6. The number of rotatable bonds is 5. The van der Waals surface area contributed by atoms with Crippen LogP contribution in [0, 0.1) is 5.82 Å². The number of alkyl halides is 3. The molecule has 2 heterocycles. The van der Waals surface area contributed by atoms with E-state index in [2.05, 4.69) is 20.4 Å². The summed E-state index contributed by atoms with van der Waals surface area (Å²) in [6.45, 7) is 3.04. The van der Waals surface area contributed by atoms with Crippen molar-refractivity contribution in [3.05, 3.63) is 59.9 Å². The Labute approximate surface area is 209 Å². The van der Waals surface area contributed by atoms with Gasteiger partial charge in [0.25, 0.3) is 5.91 Å². The van der Waals surface area contributed by atoms with Gasteiger partial charge in [-0.05, 0) is 37.1 Å². The van der Waals surface area contributed by atoms with Gasteiger partial charge in [-0.25, -0.2) is 9.18 Å². The maximum absolute atomic E-state index is 13.1. The lowest BCUT2D eigenvalue weighted by Gasteiger charge is -2.43. The molecule has 200 valence electrons. The largest absolute Gasteiger partial charge is 0.507 e. The molecule has 2 saturated heterocycles. The third kappa shape index (κ3) is 6.67. The van der Waals surface area contributed by atoms with Crippen LogP contribution in [0.2, 0.25) is 0 Å². The standard InChI is InChI=1S/C22H25FN4O3.C2HF3O2/c23-16-6-7-18(19(28)14-16)20(29)24-10-13-26-11-8-22(9-12-26)21(30)25-15-27(22)17-4-2-1-3-5-17;3-2(4,5)1(6)7/h1-7,14,28H,8-13,15H2,(H,24,29)(H,25,30);(H,6,7). The number of carboxylic acid groups (broad SMARTS) is 1. The Kier molecular flexibility index (Phi) is 8.58. The molecular formula is C24H26F4N4O5. The first-order valence-corrected chi connectivity index (χ1v) is 11.3. The van der Waals surface area contributed by atoms with Crippen LogP contribution in [0.4, 0.5) is 23.2 Å². The lowest BCUT2D eigenvalue weighted by molar-refractivity contribution is -0.192. The Balaban J connectivity index is 0.000000479. The number of piperidine rings is 1. The molecule has 37 heavy (non-hydrogen) atoms. The second-order valence-electron chi connectivity index (χ2n) is 8.52. The molecule has 2 amide bonds. The van der Waals surface area contributed by atoms with Gasteiger partial charge in [-0.3, -0.25) is 9.59 Å². The molecule has 0 atom stereocenters. The number of carboxylic acids is 1. The smallest absolute Gasteiger partial charge is 0.490 e. The Bertz CT molecular complexity index is 1120. The summed E-state index contributed by atoms with van der Waals surface area (Å²) < 4.78 is 44.8. The number of phenols is 1. The maximum Gasteiger partial charge on any atom is 0.490 e. The van der Waals surface area contributed by atoms with E-state index in [4.69, 9.17) is 9.90 Å².